The predicted octanol–water partition coefficient (Wildman–Crippen LogP) is 1.40. The van der Waals surface area contributed by atoms with E-state index < -0.39 is 17.7 Å². The maximum absolute atomic E-state index is 11.4. The van der Waals surface area contributed by atoms with E-state index in [2.05, 4.69) is 16.7 Å². The molecular weight excluding hydrogens is 206 g/mol. The smallest absolute Gasteiger partial charge is 0.407 e. The Kier molecular flexibility index (Phi) is 5.83. The van der Waals surface area contributed by atoms with Gasteiger partial charge in [-0.25, -0.2) is 4.79 Å². The van der Waals surface area contributed by atoms with Crippen molar-refractivity contribution in [3.8, 4) is 6.07 Å². The van der Waals surface area contributed by atoms with Crippen LogP contribution in [0.3, 0.4) is 0 Å². The van der Waals surface area contributed by atoms with Crippen LogP contribution in [0.25, 0.3) is 0 Å². The van der Waals surface area contributed by atoms with Gasteiger partial charge in [0.05, 0.1) is 12.1 Å². The summed E-state index contributed by atoms with van der Waals surface area (Å²) < 4.78 is 5.09. The third-order valence-corrected chi connectivity index (χ3v) is 1.81. The molecule has 0 heterocycles. The lowest BCUT2D eigenvalue weighted by Gasteiger charge is -2.24. The van der Waals surface area contributed by atoms with Gasteiger partial charge >= 0.3 is 6.09 Å². The predicted molar refractivity (Wildman–Crippen MR) is 61.9 cm³/mol. The molecule has 0 radical (unpaired) electrons. The molecule has 92 valence electrons. The van der Waals surface area contributed by atoms with Crippen LogP contribution in [-0.2, 0) is 4.74 Å². The van der Waals surface area contributed by atoms with Crippen molar-refractivity contribution in [1.29, 1.82) is 5.26 Å². The maximum atomic E-state index is 11.4. The summed E-state index contributed by atoms with van der Waals surface area (Å²) in [4.78, 5) is 11.4. The maximum Gasteiger partial charge on any atom is 0.407 e. The van der Waals surface area contributed by atoms with E-state index in [9.17, 15) is 4.79 Å². The molecule has 0 saturated heterocycles. The number of carbonyl (C=O) groups excluding carboxylic acids is 1. The fraction of sp³-hybridized carbons (Fsp3) is 0.818. The Morgan fingerprint density at radius 1 is 1.50 bits per heavy atom. The molecule has 0 saturated carbocycles. The molecule has 5 nitrogen and oxygen atoms in total. The molecule has 0 aliphatic heterocycles. The first-order valence-corrected chi connectivity index (χ1v) is 5.42. The molecular formula is C11H21N3O2. The van der Waals surface area contributed by atoms with Gasteiger partial charge < -0.3 is 15.4 Å². The van der Waals surface area contributed by atoms with Gasteiger partial charge in [0, 0.05) is 0 Å². The van der Waals surface area contributed by atoms with Crippen LogP contribution in [0.1, 0.15) is 34.6 Å². The van der Waals surface area contributed by atoms with Crippen molar-refractivity contribution in [3.05, 3.63) is 0 Å². The monoisotopic (exact) mass is 227 g/mol. The second-order valence-electron chi connectivity index (χ2n) is 4.60. The SMILES string of the molecule is CCNC(C#N)C(C)NC(=O)OC(C)(C)C. The van der Waals surface area contributed by atoms with Gasteiger partial charge in [-0.3, -0.25) is 0 Å². The average molecular weight is 227 g/mol. The standard InChI is InChI=1S/C11H21N3O2/c1-6-13-9(7-12)8(2)14-10(15)16-11(3,4)5/h8-9,13H,6H2,1-5H3,(H,14,15). The fourth-order valence-electron chi connectivity index (χ4n) is 1.13. The number of hydrogen-bond acceptors (Lipinski definition) is 4. The minimum absolute atomic E-state index is 0.292. The summed E-state index contributed by atoms with van der Waals surface area (Å²) in [6.45, 7) is 9.74. The second-order valence-corrected chi connectivity index (χ2v) is 4.60. The molecule has 0 aromatic heterocycles. The van der Waals surface area contributed by atoms with Crippen molar-refractivity contribution in [1.82, 2.24) is 10.6 Å². The minimum atomic E-state index is -0.524. The van der Waals surface area contributed by atoms with Crippen molar-refractivity contribution in [3.63, 3.8) is 0 Å². The second kappa shape index (κ2) is 6.33. The van der Waals surface area contributed by atoms with Crippen molar-refractivity contribution in [2.75, 3.05) is 6.54 Å². The number of nitrogens with one attached hydrogen (secondary N) is 2. The molecule has 0 spiro atoms. The van der Waals surface area contributed by atoms with Gasteiger partial charge in [0.1, 0.15) is 11.6 Å². The van der Waals surface area contributed by atoms with Crippen LogP contribution in [0.2, 0.25) is 0 Å². The van der Waals surface area contributed by atoms with Crippen LogP contribution in [0.4, 0.5) is 4.79 Å². The molecule has 5 heteroatoms. The van der Waals surface area contributed by atoms with Crippen LogP contribution < -0.4 is 10.6 Å². The highest BCUT2D eigenvalue weighted by Crippen LogP contribution is 2.07. The molecule has 16 heavy (non-hydrogen) atoms. The summed E-state index contributed by atoms with van der Waals surface area (Å²) in [6.07, 6.45) is -0.502. The van der Waals surface area contributed by atoms with E-state index in [1.807, 2.05) is 6.92 Å². The van der Waals surface area contributed by atoms with E-state index in [0.717, 1.165) is 0 Å². The van der Waals surface area contributed by atoms with Gasteiger partial charge in [0.15, 0.2) is 0 Å². The van der Waals surface area contributed by atoms with Gasteiger partial charge in [-0.2, -0.15) is 5.26 Å². The molecule has 0 rings (SSSR count). The Morgan fingerprint density at radius 2 is 2.06 bits per heavy atom. The highest BCUT2D eigenvalue weighted by molar-refractivity contribution is 5.68. The zero-order valence-corrected chi connectivity index (χ0v) is 10.6. The van der Waals surface area contributed by atoms with Crippen LogP contribution >= 0.6 is 0 Å². The zero-order chi connectivity index (χ0) is 12.8. The van der Waals surface area contributed by atoms with Gasteiger partial charge in [0.25, 0.3) is 0 Å². The topological polar surface area (TPSA) is 74.2 Å². The number of likely N-dealkylation sites (N-methyl/N-ethyl adjacent to an activating group) is 1. The van der Waals surface area contributed by atoms with E-state index in [1.54, 1.807) is 27.7 Å². The number of nitriles is 1. The number of ether oxygens (including phenoxy) is 1. The van der Waals surface area contributed by atoms with Gasteiger partial charge in [-0.05, 0) is 34.2 Å². The Bertz CT molecular complexity index is 265. The summed E-state index contributed by atoms with van der Waals surface area (Å²) >= 11 is 0. The highest BCUT2D eigenvalue weighted by atomic mass is 16.6. The molecule has 0 aromatic carbocycles. The van der Waals surface area contributed by atoms with Gasteiger partial charge in [0.2, 0.25) is 0 Å². The van der Waals surface area contributed by atoms with Gasteiger partial charge in [-0.1, -0.05) is 6.92 Å². The zero-order valence-electron chi connectivity index (χ0n) is 10.6. The molecule has 0 fully saturated rings. The summed E-state index contributed by atoms with van der Waals surface area (Å²) in [5.41, 5.74) is -0.524. The Morgan fingerprint density at radius 3 is 2.44 bits per heavy atom. The average Bonchev–Trinajstić information content (AvgIpc) is 2.10. The normalized spacial score (nSPS) is 14.8. The molecule has 1 amide bonds. The number of nitrogens with zero attached hydrogens (tertiary/aromatic N) is 1. The molecule has 2 atom stereocenters. The summed E-state index contributed by atoms with van der Waals surface area (Å²) in [7, 11) is 0. The number of carbonyl (C=O) groups is 1. The third-order valence-electron chi connectivity index (χ3n) is 1.81. The molecule has 2 N–H and O–H groups in total. The number of amides is 1. The van der Waals surface area contributed by atoms with Crippen molar-refractivity contribution < 1.29 is 9.53 Å². The first-order chi connectivity index (χ1) is 7.30. The fourth-order valence-corrected chi connectivity index (χ4v) is 1.13. The summed E-state index contributed by atoms with van der Waals surface area (Å²) in [5, 5.41) is 14.5. The van der Waals surface area contributed by atoms with Crippen LogP contribution in [-0.4, -0.2) is 30.3 Å². The lowest BCUT2D eigenvalue weighted by atomic mass is 10.1. The number of alkyl carbamates (subject to hydrolysis) is 1. The van der Waals surface area contributed by atoms with E-state index in [1.165, 1.54) is 0 Å². The number of hydrogen-bond donors (Lipinski definition) is 2. The van der Waals surface area contributed by atoms with E-state index in [4.69, 9.17) is 10.00 Å². The number of rotatable bonds is 4. The van der Waals surface area contributed by atoms with Crippen LogP contribution in [0, 0.1) is 11.3 Å². The quantitative estimate of drug-likeness (QED) is 0.761. The van der Waals surface area contributed by atoms with Crippen molar-refractivity contribution >= 4 is 6.09 Å². The van der Waals surface area contributed by atoms with Gasteiger partial charge in [-0.15, -0.1) is 0 Å². The van der Waals surface area contributed by atoms with E-state index in [-0.39, 0.29) is 6.04 Å². The first-order valence-electron chi connectivity index (χ1n) is 5.42. The van der Waals surface area contributed by atoms with Crippen LogP contribution in [0.5, 0.6) is 0 Å². The summed E-state index contributed by atoms with van der Waals surface area (Å²) in [6, 6.07) is 1.39. The van der Waals surface area contributed by atoms with E-state index in [0.29, 0.717) is 6.54 Å². The lowest BCUT2D eigenvalue weighted by Crippen LogP contribution is -2.48. The first kappa shape index (κ1) is 14.7. The molecule has 2 unspecified atom stereocenters. The lowest BCUT2D eigenvalue weighted by molar-refractivity contribution is 0.0503. The van der Waals surface area contributed by atoms with Crippen molar-refractivity contribution in [2.24, 2.45) is 0 Å². The highest BCUT2D eigenvalue weighted by Gasteiger charge is 2.21. The largest absolute Gasteiger partial charge is 0.444 e. The Balaban J connectivity index is 4.18. The molecule has 0 aromatic rings. The summed E-state index contributed by atoms with van der Waals surface area (Å²) in [5.74, 6) is 0. The Labute approximate surface area is 97.2 Å². The van der Waals surface area contributed by atoms with Crippen LogP contribution in [0.15, 0.2) is 0 Å². The molecule has 0 bridgehead atoms. The molecule has 0 aliphatic carbocycles. The Hall–Kier alpha value is -1.28. The minimum Gasteiger partial charge on any atom is -0.444 e. The van der Waals surface area contributed by atoms with Crippen molar-refractivity contribution in [2.45, 2.75) is 52.3 Å². The van der Waals surface area contributed by atoms with E-state index >= 15 is 0 Å². The molecule has 0 aliphatic rings. The third kappa shape index (κ3) is 6.25.